The van der Waals surface area contributed by atoms with E-state index in [-0.39, 0.29) is 17.6 Å². The smallest absolute Gasteiger partial charge is 0.227 e. The SMILES string of the molecule is O=C(c1ccccc1)C1CCN(C(=O)Cc2cccs2)CC1. The number of ketones is 1. The highest BCUT2D eigenvalue weighted by atomic mass is 32.1. The number of nitrogens with zero attached hydrogens (tertiary/aromatic N) is 1. The summed E-state index contributed by atoms with van der Waals surface area (Å²) in [6, 6.07) is 13.4. The number of rotatable bonds is 4. The number of amides is 1. The maximum atomic E-state index is 12.4. The quantitative estimate of drug-likeness (QED) is 0.811. The zero-order chi connectivity index (χ0) is 15.4. The summed E-state index contributed by atoms with van der Waals surface area (Å²) in [5.74, 6) is 0.437. The predicted molar refractivity (Wildman–Crippen MR) is 88.1 cm³/mol. The lowest BCUT2D eigenvalue weighted by Gasteiger charge is -2.31. The lowest BCUT2D eigenvalue weighted by atomic mass is 9.89. The third-order valence-corrected chi connectivity index (χ3v) is 5.06. The van der Waals surface area contributed by atoms with Gasteiger partial charge in [-0.25, -0.2) is 0 Å². The summed E-state index contributed by atoms with van der Waals surface area (Å²) in [6.45, 7) is 1.38. The first-order valence-electron chi connectivity index (χ1n) is 7.63. The zero-order valence-corrected chi connectivity index (χ0v) is 13.2. The summed E-state index contributed by atoms with van der Waals surface area (Å²) < 4.78 is 0. The number of carbonyl (C=O) groups excluding carboxylic acids is 2. The molecule has 1 aromatic heterocycles. The van der Waals surface area contributed by atoms with E-state index in [1.54, 1.807) is 11.3 Å². The molecule has 0 saturated carbocycles. The van der Waals surface area contributed by atoms with Gasteiger partial charge in [0.25, 0.3) is 0 Å². The second-order valence-corrected chi connectivity index (χ2v) is 6.67. The molecule has 1 aromatic carbocycles. The van der Waals surface area contributed by atoms with Crippen LogP contribution in [-0.4, -0.2) is 29.7 Å². The largest absolute Gasteiger partial charge is 0.342 e. The summed E-state index contributed by atoms with van der Waals surface area (Å²) in [5, 5.41) is 1.99. The van der Waals surface area contributed by atoms with Gasteiger partial charge in [-0.3, -0.25) is 9.59 Å². The van der Waals surface area contributed by atoms with Gasteiger partial charge >= 0.3 is 0 Å². The van der Waals surface area contributed by atoms with Crippen molar-refractivity contribution < 1.29 is 9.59 Å². The second-order valence-electron chi connectivity index (χ2n) is 5.64. The van der Waals surface area contributed by atoms with Crippen LogP contribution < -0.4 is 0 Å². The highest BCUT2D eigenvalue weighted by Gasteiger charge is 2.27. The van der Waals surface area contributed by atoms with Gasteiger partial charge in [0.2, 0.25) is 5.91 Å². The molecular formula is C18H19NO2S. The van der Waals surface area contributed by atoms with E-state index in [9.17, 15) is 9.59 Å². The molecule has 0 N–H and O–H groups in total. The van der Waals surface area contributed by atoms with Crippen LogP contribution in [0.4, 0.5) is 0 Å². The van der Waals surface area contributed by atoms with Gasteiger partial charge in [0, 0.05) is 29.4 Å². The molecule has 1 fully saturated rings. The topological polar surface area (TPSA) is 37.4 Å². The highest BCUT2D eigenvalue weighted by molar-refractivity contribution is 7.10. The van der Waals surface area contributed by atoms with Gasteiger partial charge in [0.1, 0.15) is 0 Å². The van der Waals surface area contributed by atoms with E-state index in [1.165, 1.54) is 0 Å². The fourth-order valence-electron chi connectivity index (χ4n) is 2.90. The number of Topliss-reactive ketones (excluding diaryl/α,β-unsaturated/α-hetero) is 1. The van der Waals surface area contributed by atoms with Gasteiger partial charge in [-0.05, 0) is 24.3 Å². The number of hydrogen-bond donors (Lipinski definition) is 0. The van der Waals surface area contributed by atoms with Gasteiger partial charge in [-0.2, -0.15) is 0 Å². The highest BCUT2D eigenvalue weighted by Crippen LogP contribution is 2.22. The molecule has 3 nitrogen and oxygen atoms in total. The van der Waals surface area contributed by atoms with E-state index >= 15 is 0 Å². The molecule has 0 bridgehead atoms. The van der Waals surface area contributed by atoms with Crippen LogP contribution in [0, 0.1) is 5.92 Å². The van der Waals surface area contributed by atoms with Crippen molar-refractivity contribution in [3.8, 4) is 0 Å². The van der Waals surface area contributed by atoms with Crippen molar-refractivity contribution in [1.29, 1.82) is 0 Å². The van der Waals surface area contributed by atoms with E-state index in [0.29, 0.717) is 19.5 Å². The number of hydrogen-bond acceptors (Lipinski definition) is 3. The molecular weight excluding hydrogens is 294 g/mol. The third kappa shape index (κ3) is 3.45. The molecule has 114 valence electrons. The summed E-state index contributed by atoms with van der Waals surface area (Å²) in [7, 11) is 0. The molecule has 1 saturated heterocycles. The van der Waals surface area contributed by atoms with Gasteiger partial charge < -0.3 is 4.90 Å². The number of carbonyl (C=O) groups is 2. The van der Waals surface area contributed by atoms with Gasteiger partial charge in [-0.1, -0.05) is 36.4 Å². The first kappa shape index (κ1) is 15.0. The Morgan fingerprint density at radius 3 is 2.41 bits per heavy atom. The Bertz CT molecular complexity index is 628. The van der Waals surface area contributed by atoms with Gasteiger partial charge in [0.05, 0.1) is 6.42 Å². The minimum Gasteiger partial charge on any atom is -0.342 e. The lowest BCUT2D eigenvalue weighted by molar-refractivity contribution is -0.131. The van der Waals surface area contributed by atoms with E-state index in [2.05, 4.69) is 0 Å². The van der Waals surface area contributed by atoms with Crippen LogP contribution >= 0.6 is 11.3 Å². The Kier molecular flexibility index (Phi) is 4.68. The Morgan fingerprint density at radius 1 is 1.05 bits per heavy atom. The van der Waals surface area contributed by atoms with Crippen molar-refractivity contribution in [2.24, 2.45) is 5.92 Å². The molecule has 22 heavy (non-hydrogen) atoms. The molecule has 0 spiro atoms. The molecule has 1 aliphatic rings. The van der Waals surface area contributed by atoms with Crippen LogP contribution in [0.2, 0.25) is 0 Å². The molecule has 1 aliphatic heterocycles. The first-order chi connectivity index (χ1) is 10.7. The maximum Gasteiger partial charge on any atom is 0.227 e. The monoisotopic (exact) mass is 313 g/mol. The van der Waals surface area contributed by atoms with Crippen LogP contribution in [0.3, 0.4) is 0 Å². The molecule has 0 unspecified atom stereocenters. The average Bonchev–Trinajstić information content (AvgIpc) is 3.08. The molecule has 4 heteroatoms. The van der Waals surface area contributed by atoms with Crippen LogP contribution in [0.15, 0.2) is 47.8 Å². The van der Waals surface area contributed by atoms with Crippen LogP contribution in [-0.2, 0) is 11.2 Å². The van der Waals surface area contributed by atoms with Crippen LogP contribution in [0.25, 0.3) is 0 Å². The van der Waals surface area contributed by atoms with E-state index in [4.69, 9.17) is 0 Å². The average molecular weight is 313 g/mol. The minimum absolute atomic E-state index is 0.0492. The Labute approximate surface area is 134 Å². The third-order valence-electron chi connectivity index (χ3n) is 4.18. The number of benzene rings is 1. The lowest BCUT2D eigenvalue weighted by Crippen LogP contribution is -2.40. The first-order valence-corrected chi connectivity index (χ1v) is 8.51. The number of thiophene rings is 1. The van der Waals surface area contributed by atoms with E-state index in [0.717, 1.165) is 23.3 Å². The van der Waals surface area contributed by atoms with Crippen molar-refractivity contribution in [2.75, 3.05) is 13.1 Å². The van der Waals surface area contributed by atoms with Crippen LogP contribution in [0.1, 0.15) is 28.1 Å². The van der Waals surface area contributed by atoms with E-state index < -0.39 is 0 Å². The molecule has 0 atom stereocenters. The molecule has 0 aliphatic carbocycles. The normalized spacial score (nSPS) is 15.7. The van der Waals surface area contributed by atoms with E-state index in [1.807, 2.05) is 52.7 Å². The number of likely N-dealkylation sites (tertiary alicyclic amines) is 1. The summed E-state index contributed by atoms with van der Waals surface area (Å²) in [5.41, 5.74) is 0.783. The van der Waals surface area contributed by atoms with Crippen LogP contribution in [0.5, 0.6) is 0 Å². The summed E-state index contributed by atoms with van der Waals surface area (Å²) in [4.78, 5) is 27.7. The van der Waals surface area contributed by atoms with Crippen molar-refractivity contribution in [3.05, 3.63) is 58.3 Å². The minimum atomic E-state index is 0.0492. The molecule has 1 amide bonds. The van der Waals surface area contributed by atoms with Crippen molar-refractivity contribution in [2.45, 2.75) is 19.3 Å². The fourth-order valence-corrected chi connectivity index (χ4v) is 3.60. The second kappa shape index (κ2) is 6.88. The number of piperidine rings is 1. The molecule has 3 rings (SSSR count). The maximum absolute atomic E-state index is 12.4. The molecule has 2 heterocycles. The standard InChI is InChI=1S/C18H19NO2S/c20-17(13-16-7-4-12-22-16)19-10-8-15(9-11-19)18(21)14-5-2-1-3-6-14/h1-7,12,15H,8-11,13H2. The summed E-state index contributed by atoms with van der Waals surface area (Å²) >= 11 is 1.62. The Hall–Kier alpha value is -1.94. The van der Waals surface area contributed by atoms with Crippen molar-refractivity contribution in [1.82, 2.24) is 4.90 Å². The summed E-state index contributed by atoms with van der Waals surface area (Å²) in [6.07, 6.45) is 2.02. The van der Waals surface area contributed by atoms with Gasteiger partial charge in [-0.15, -0.1) is 11.3 Å². The fraction of sp³-hybridized carbons (Fsp3) is 0.333. The zero-order valence-electron chi connectivity index (χ0n) is 12.4. The Balaban J connectivity index is 1.54. The predicted octanol–water partition coefficient (Wildman–Crippen LogP) is 3.41. The molecule has 0 radical (unpaired) electrons. The van der Waals surface area contributed by atoms with Gasteiger partial charge in [0.15, 0.2) is 5.78 Å². The van der Waals surface area contributed by atoms with Crippen molar-refractivity contribution >= 4 is 23.0 Å². The van der Waals surface area contributed by atoms with Crippen molar-refractivity contribution in [3.63, 3.8) is 0 Å². The Morgan fingerprint density at radius 2 is 1.77 bits per heavy atom. The molecule has 2 aromatic rings.